The van der Waals surface area contributed by atoms with Crippen LogP contribution in [0.3, 0.4) is 0 Å². The number of phenols is 1. The molecule has 0 spiro atoms. The summed E-state index contributed by atoms with van der Waals surface area (Å²) in [6, 6.07) is 6.66. The van der Waals surface area contributed by atoms with Crippen LogP contribution in [0.1, 0.15) is 21.7 Å². The van der Waals surface area contributed by atoms with Gasteiger partial charge in [-0.2, -0.15) is 10.2 Å². The summed E-state index contributed by atoms with van der Waals surface area (Å²) in [5.41, 5.74) is 4.25. The average molecular weight is 370 g/mol. The molecule has 0 saturated heterocycles. The van der Waals surface area contributed by atoms with E-state index < -0.39 is 0 Å². The molecule has 0 unspecified atom stereocenters. The van der Waals surface area contributed by atoms with Crippen molar-refractivity contribution in [3.8, 4) is 5.75 Å². The lowest BCUT2D eigenvalue weighted by Gasteiger charge is -1.98. The maximum absolute atomic E-state index is 11.6. The molecule has 0 atom stereocenters. The summed E-state index contributed by atoms with van der Waals surface area (Å²) < 4.78 is 0.718. The van der Waals surface area contributed by atoms with Crippen LogP contribution in [0.2, 0.25) is 0 Å². The Kier molecular flexibility index (Phi) is 4.15. The molecule has 0 radical (unpaired) electrons. The van der Waals surface area contributed by atoms with Gasteiger partial charge in [-0.3, -0.25) is 9.89 Å². The summed E-state index contributed by atoms with van der Waals surface area (Å²) in [4.78, 5) is 11.6. The first kappa shape index (κ1) is 13.5. The molecule has 0 fully saturated rings. The zero-order valence-electron chi connectivity index (χ0n) is 10.0. The number of phenolic OH excluding ortho intramolecular Hbond substituents is 1. The lowest BCUT2D eigenvalue weighted by atomic mass is 10.2. The van der Waals surface area contributed by atoms with E-state index in [2.05, 4.69) is 20.7 Å². The lowest BCUT2D eigenvalue weighted by molar-refractivity contribution is 0.0950. The van der Waals surface area contributed by atoms with Crippen molar-refractivity contribution >= 4 is 34.7 Å². The third-order valence-corrected chi connectivity index (χ3v) is 3.15. The van der Waals surface area contributed by atoms with Gasteiger partial charge in [0, 0.05) is 5.69 Å². The number of aromatic hydroxyl groups is 1. The SMILES string of the molecule is Cc1cc(C(=O)NN=Cc2ccc(O)c(I)c2)n[nH]1. The molecule has 7 heteroatoms. The van der Waals surface area contributed by atoms with Crippen molar-refractivity contribution in [3.63, 3.8) is 0 Å². The molecule has 0 aliphatic carbocycles. The van der Waals surface area contributed by atoms with Crippen molar-refractivity contribution in [2.75, 3.05) is 0 Å². The van der Waals surface area contributed by atoms with Crippen molar-refractivity contribution in [2.45, 2.75) is 6.92 Å². The first-order chi connectivity index (χ1) is 9.06. The van der Waals surface area contributed by atoms with Gasteiger partial charge < -0.3 is 5.11 Å². The van der Waals surface area contributed by atoms with Gasteiger partial charge in [0.25, 0.3) is 5.91 Å². The van der Waals surface area contributed by atoms with E-state index in [1.807, 2.05) is 29.5 Å². The summed E-state index contributed by atoms with van der Waals surface area (Å²) in [6.07, 6.45) is 1.50. The fourth-order valence-electron chi connectivity index (χ4n) is 1.36. The van der Waals surface area contributed by atoms with E-state index >= 15 is 0 Å². The van der Waals surface area contributed by atoms with Crippen LogP contribution < -0.4 is 5.43 Å². The van der Waals surface area contributed by atoms with E-state index in [1.54, 1.807) is 24.3 Å². The van der Waals surface area contributed by atoms with Crippen molar-refractivity contribution in [3.05, 3.63) is 44.8 Å². The summed E-state index contributed by atoms with van der Waals surface area (Å²) in [6.45, 7) is 1.81. The summed E-state index contributed by atoms with van der Waals surface area (Å²) in [5.74, 6) is -0.164. The highest BCUT2D eigenvalue weighted by Gasteiger charge is 2.07. The molecular formula is C12H11IN4O2. The highest BCUT2D eigenvalue weighted by atomic mass is 127. The molecule has 0 bridgehead atoms. The van der Waals surface area contributed by atoms with Crippen LogP contribution in [-0.4, -0.2) is 27.4 Å². The molecule has 1 heterocycles. The van der Waals surface area contributed by atoms with Gasteiger partial charge in [0.05, 0.1) is 9.78 Å². The Bertz CT molecular complexity index is 636. The highest BCUT2D eigenvalue weighted by molar-refractivity contribution is 14.1. The van der Waals surface area contributed by atoms with Gasteiger partial charge >= 0.3 is 0 Å². The number of nitrogens with zero attached hydrogens (tertiary/aromatic N) is 2. The predicted octanol–water partition coefficient (Wildman–Crippen LogP) is 1.79. The van der Waals surface area contributed by atoms with Gasteiger partial charge in [0.1, 0.15) is 5.75 Å². The predicted molar refractivity (Wildman–Crippen MR) is 79.2 cm³/mol. The van der Waals surface area contributed by atoms with E-state index in [-0.39, 0.29) is 17.4 Å². The van der Waals surface area contributed by atoms with Gasteiger partial charge in [-0.05, 0) is 59.3 Å². The maximum atomic E-state index is 11.6. The fraction of sp³-hybridized carbons (Fsp3) is 0.0833. The minimum absolute atomic E-state index is 0.216. The number of amides is 1. The summed E-state index contributed by atoms with van der Waals surface area (Å²) >= 11 is 2.01. The monoisotopic (exact) mass is 370 g/mol. The second-order valence-electron chi connectivity index (χ2n) is 3.85. The van der Waals surface area contributed by atoms with Crippen LogP contribution in [0.4, 0.5) is 0 Å². The van der Waals surface area contributed by atoms with Gasteiger partial charge in [-0.15, -0.1) is 0 Å². The maximum Gasteiger partial charge on any atom is 0.291 e. The van der Waals surface area contributed by atoms with Crippen LogP contribution in [-0.2, 0) is 0 Å². The molecule has 0 aliphatic rings. The Hall–Kier alpha value is -1.90. The first-order valence-corrected chi connectivity index (χ1v) is 6.48. The first-order valence-electron chi connectivity index (χ1n) is 5.40. The molecule has 1 aromatic heterocycles. The molecule has 98 valence electrons. The summed E-state index contributed by atoms with van der Waals surface area (Å²) in [5, 5.41) is 19.7. The number of aromatic nitrogens is 2. The lowest BCUT2D eigenvalue weighted by Crippen LogP contribution is -2.18. The Morgan fingerprint density at radius 2 is 2.32 bits per heavy atom. The third-order valence-electron chi connectivity index (χ3n) is 2.29. The fourth-order valence-corrected chi connectivity index (χ4v) is 1.90. The van der Waals surface area contributed by atoms with Crippen molar-refractivity contribution in [2.24, 2.45) is 5.10 Å². The molecule has 3 N–H and O–H groups in total. The van der Waals surface area contributed by atoms with Crippen LogP contribution >= 0.6 is 22.6 Å². The number of rotatable bonds is 3. The second kappa shape index (κ2) is 5.83. The number of carbonyl (C=O) groups is 1. The minimum atomic E-state index is -0.380. The number of nitrogens with one attached hydrogen (secondary N) is 2. The highest BCUT2D eigenvalue weighted by Crippen LogP contribution is 2.19. The van der Waals surface area contributed by atoms with Crippen molar-refractivity contribution < 1.29 is 9.90 Å². The van der Waals surface area contributed by atoms with E-state index in [1.165, 1.54) is 6.21 Å². The number of hydrazone groups is 1. The standard InChI is InChI=1S/C12H11IN4O2/c1-7-4-10(16-15-7)12(19)17-14-6-8-2-3-11(18)9(13)5-8/h2-6,18H,1H3,(H,15,16)(H,17,19). The van der Waals surface area contributed by atoms with Crippen LogP contribution in [0.5, 0.6) is 5.75 Å². The Balaban J connectivity index is 2.00. The molecule has 0 aliphatic heterocycles. The van der Waals surface area contributed by atoms with E-state index in [0.717, 1.165) is 14.8 Å². The van der Waals surface area contributed by atoms with Gasteiger partial charge in [0.2, 0.25) is 0 Å². The quantitative estimate of drug-likeness (QED) is 0.437. The zero-order valence-corrected chi connectivity index (χ0v) is 12.2. The third kappa shape index (κ3) is 3.53. The molecule has 19 heavy (non-hydrogen) atoms. The van der Waals surface area contributed by atoms with Crippen molar-refractivity contribution in [1.82, 2.24) is 15.6 Å². The average Bonchev–Trinajstić information content (AvgIpc) is 2.80. The van der Waals surface area contributed by atoms with Crippen LogP contribution in [0.25, 0.3) is 0 Å². The second-order valence-corrected chi connectivity index (χ2v) is 5.01. The number of carbonyl (C=O) groups excluding carboxylic acids is 1. The zero-order chi connectivity index (χ0) is 13.8. The van der Waals surface area contributed by atoms with E-state index in [0.29, 0.717) is 0 Å². The van der Waals surface area contributed by atoms with E-state index in [9.17, 15) is 9.90 Å². The Labute approximate surface area is 123 Å². The number of hydrogen-bond donors (Lipinski definition) is 3. The van der Waals surface area contributed by atoms with Gasteiger partial charge in [0.15, 0.2) is 5.69 Å². The number of halogens is 1. The molecule has 1 aromatic carbocycles. The topological polar surface area (TPSA) is 90.4 Å². The van der Waals surface area contributed by atoms with Gasteiger partial charge in [-0.25, -0.2) is 5.43 Å². The van der Waals surface area contributed by atoms with Crippen LogP contribution in [0, 0.1) is 10.5 Å². The normalized spacial score (nSPS) is 10.8. The number of aromatic amines is 1. The molecular weight excluding hydrogens is 359 g/mol. The Morgan fingerprint density at radius 1 is 1.53 bits per heavy atom. The molecule has 2 rings (SSSR count). The minimum Gasteiger partial charge on any atom is -0.507 e. The number of hydrogen-bond acceptors (Lipinski definition) is 4. The number of H-pyrrole nitrogens is 1. The van der Waals surface area contributed by atoms with Crippen LogP contribution in [0.15, 0.2) is 29.4 Å². The number of benzene rings is 1. The van der Waals surface area contributed by atoms with Gasteiger partial charge in [-0.1, -0.05) is 0 Å². The van der Waals surface area contributed by atoms with Crippen molar-refractivity contribution in [1.29, 1.82) is 0 Å². The largest absolute Gasteiger partial charge is 0.507 e. The molecule has 0 saturated carbocycles. The smallest absolute Gasteiger partial charge is 0.291 e. The summed E-state index contributed by atoms with van der Waals surface area (Å²) in [7, 11) is 0. The molecule has 6 nitrogen and oxygen atoms in total. The molecule has 2 aromatic rings. The van der Waals surface area contributed by atoms with E-state index in [4.69, 9.17) is 0 Å². The molecule has 1 amide bonds. The number of aryl methyl sites for hydroxylation is 1. The Morgan fingerprint density at radius 3 is 2.95 bits per heavy atom.